The number of methoxy groups -OCH3 is 1. The quantitative estimate of drug-likeness (QED) is 0.0703. The molecule has 0 aliphatic carbocycles. The maximum atomic E-state index is 13.4. The van der Waals surface area contributed by atoms with Crippen molar-refractivity contribution in [3.63, 3.8) is 0 Å². The third-order valence-corrected chi connectivity index (χ3v) is 11.0. The number of ether oxygens (including phenoxy) is 8. The van der Waals surface area contributed by atoms with Gasteiger partial charge in [0.05, 0.1) is 51.0 Å². The van der Waals surface area contributed by atoms with Crippen molar-refractivity contribution in [2.75, 3.05) is 33.5 Å². The Morgan fingerprint density at radius 2 is 1.67 bits per heavy atom. The van der Waals surface area contributed by atoms with Crippen LogP contribution in [0.25, 0.3) is 6.08 Å². The molecule has 0 amide bonds. The smallest absolute Gasteiger partial charge is 0.330 e. The fourth-order valence-corrected chi connectivity index (χ4v) is 7.48. The minimum atomic E-state index is -2.36. The van der Waals surface area contributed by atoms with Crippen LogP contribution >= 0.6 is 0 Å². The van der Waals surface area contributed by atoms with E-state index in [0.717, 1.165) is 37.3 Å². The van der Waals surface area contributed by atoms with Crippen molar-refractivity contribution in [3.05, 3.63) is 65.8 Å². The lowest BCUT2D eigenvalue weighted by Crippen LogP contribution is -2.62. The van der Waals surface area contributed by atoms with Gasteiger partial charge in [-0.25, -0.2) is 4.79 Å². The van der Waals surface area contributed by atoms with Crippen molar-refractivity contribution >= 4 is 30.0 Å². The number of hydrogen-bond acceptors (Lipinski definition) is 15. The zero-order valence-corrected chi connectivity index (χ0v) is 36.1. The number of unbranched alkanes of at least 4 members (excludes halogenated alkanes) is 4. The van der Waals surface area contributed by atoms with Crippen molar-refractivity contribution < 1.29 is 72.4 Å². The molecule has 1 aromatic rings. The summed E-state index contributed by atoms with van der Waals surface area (Å²) in [6.07, 6.45) is 5.99. The second-order valence-electron chi connectivity index (χ2n) is 16.4. The maximum Gasteiger partial charge on any atom is 0.330 e. The second kappa shape index (κ2) is 25.2. The summed E-state index contributed by atoms with van der Waals surface area (Å²) in [6, 6.07) is 9.62. The van der Waals surface area contributed by atoms with Gasteiger partial charge in [0.1, 0.15) is 12.7 Å². The number of benzene rings is 1. The van der Waals surface area contributed by atoms with Crippen LogP contribution in [0.3, 0.4) is 0 Å². The number of aliphatic hydroxyl groups excluding tert-OH is 2. The summed E-state index contributed by atoms with van der Waals surface area (Å²) in [5.74, 6) is -4.94. The number of carbonyl (C=O) groups is 4. The van der Waals surface area contributed by atoms with Crippen LogP contribution in [-0.4, -0.2) is 121 Å². The van der Waals surface area contributed by atoms with Gasteiger partial charge in [-0.1, -0.05) is 88.9 Å². The molecule has 2 saturated heterocycles. The van der Waals surface area contributed by atoms with Gasteiger partial charge in [0.25, 0.3) is 0 Å². The predicted octanol–water partition coefficient (Wildman–Crippen LogP) is 5.42. The Labute approximate surface area is 359 Å². The topological polar surface area (TPSA) is 203 Å². The van der Waals surface area contributed by atoms with Gasteiger partial charge < -0.3 is 53.2 Å². The molecule has 340 valence electrons. The largest absolute Gasteiger partial charge is 0.466 e. The van der Waals surface area contributed by atoms with E-state index in [1.165, 1.54) is 7.11 Å². The molecule has 0 radical (unpaired) electrons. The summed E-state index contributed by atoms with van der Waals surface area (Å²) in [5, 5.41) is 33.6. The first kappa shape index (κ1) is 49.7. The van der Waals surface area contributed by atoms with Crippen LogP contribution in [0, 0.1) is 5.41 Å². The SMILES string of the molecule is CCCCCCCC(=O)O[C@H]1/C(=C/C(=O)OC)CC2C[C@H](CO)OC(=O)C[C@H](O)CCOCC[C@@H]3C[C@H](CC(=O)OC/C=C/c4ccccc4)O[C@H](C=CC(C)(C)[C@]1(O)O2)O3. The van der Waals surface area contributed by atoms with E-state index in [1.54, 1.807) is 32.1 Å². The Balaban J connectivity index is 1.64. The van der Waals surface area contributed by atoms with Gasteiger partial charge in [-0.05, 0) is 49.0 Å². The molecule has 3 heterocycles. The first-order valence-electron chi connectivity index (χ1n) is 21.6. The fraction of sp³-hybridized carbons (Fsp3) is 0.652. The lowest BCUT2D eigenvalue weighted by Gasteiger charge is -2.51. The average Bonchev–Trinajstić information content (AvgIpc) is 3.22. The van der Waals surface area contributed by atoms with Crippen LogP contribution in [0.2, 0.25) is 0 Å². The van der Waals surface area contributed by atoms with Gasteiger partial charge in [-0.15, -0.1) is 0 Å². The molecule has 3 aliphatic heterocycles. The highest BCUT2D eigenvalue weighted by Gasteiger charge is 2.57. The first-order chi connectivity index (χ1) is 29.2. The Kier molecular flexibility index (Phi) is 20.5. The number of fused-ring (bicyclic) bond motifs is 4. The molecule has 0 aromatic heterocycles. The number of aliphatic hydroxyl groups is 3. The Bertz CT molecular complexity index is 1620. The standard InChI is InChI=1S/C46H66O15/c1-5-6-7-8-12-17-39(49)60-44-33(26-40(50)54-4)25-37-29-38(31-47)57-42(52)27-34(48)19-23-55-24-20-35-28-36(30-41(51)56-22-13-16-32-14-10-9-11-15-32)59-43(58-35)18-21-45(2,3)46(44,53)61-37/h9-11,13-16,18,21,26,34-38,43-44,47-48,53H,5-8,12,17,19-20,22-25,27-31H2,1-4H3/b16-13+,21-18?,33-26+/t34-,35-,36-,37?,38-,43-,44+,46-/m1/s1. The summed E-state index contributed by atoms with van der Waals surface area (Å²) in [5.41, 5.74) is -0.263. The van der Waals surface area contributed by atoms with E-state index in [1.807, 2.05) is 36.4 Å². The van der Waals surface area contributed by atoms with Gasteiger partial charge in [0.2, 0.25) is 5.79 Å². The zero-order chi connectivity index (χ0) is 44.3. The summed E-state index contributed by atoms with van der Waals surface area (Å²) >= 11 is 0. The molecule has 1 unspecified atom stereocenters. The van der Waals surface area contributed by atoms with Crippen molar-refractivity contribution in [1.29, 1.82) is 0 Å². The maximum absolute atomic E-state index is 13.4. The molecular formula is C46H66O15. The molecular weight excluding hydrogens is 792 g/mol. The average molecular weight is 859 g/mol. The zero-order valence-electron chi connectivity index (χ0n) is 36.1. The summed E-state index contributed by atoms with van der Waals surface area (Å²) in [4.78, 5) is 52.1. The number of hydrogen-bond donors (Lipinski definition) is 3. The highest BCUT2D eigenvalue weighted by molar-refractivity contribution is 5.83. The molecule has 61 heavy (non-hydrogen) atoms. The van der Waals surface area contributed by atoms with Crippen molar-refractivity contribution in [2.24, 2.45) is 5.41 Å². The lowest BCUT2D eigenvalue weighted by molar-refractivity contribution is -0.327. The van der Waals surface area contributed by atoms with E-state index in [9.17, 15) is 34.5 Å². The molecule has 4 bridgehead atoms. The van der Waals surface area contributed by atoms with Crippen molar-refractivity contribution in [1.82, 2.24) is 0 Å². The van der Waals surface area contributed by atoms with Gasteiger partial charge in [0.15, 0.2) is 12.4 Å². The molecule has 1 aromatic carbocycles. The number of esters is 4. The van der Waals surface area contributed by atoms with Crippen molar-refractivity contribution in [3.8, 4) is 0 Å². The monoisotopic (exact) mass is 858 g/mol. The minimum absolute atomic E-state index is 0.0595. The Morgan fingerprint density at radius 1 is 0.934 bits per heavy atom. The number of carbonyl (C=O) groups excluding carboxylic acids is 4. The van der Waals surface area contributed by atoms with Crippen LogP contribution in [0.5, 0.6) is 0 Å². The van der Waals surface area contributed by atoms with Crippen LogP contribution in [0.4, 0.5) is 0 Å². The van der Waals surface area contributed by atoms with Gasteiger partial charge >= 0.3 is 23.9 Å². The molecule has 0 spiro atoms. The Morgan fingerprint density at radius 3 is 2.41 bits per heavy atom. The molecule has 8 atom stereocenters. The minimum Gasteiger partial charge on any atom is -0.466 e. The first-order valence-corrected chi connectivity index (χ1v) is 21.6. The van der Waals surface area contributed by atoms with Crippen LogP contribution in [0.1, 0.15) is 110 Å². The molecule has 0 saturated carbocycles. The molecule has 2 fully saturated rings. The van der Waals surface area contributed by atoms with E-state index >= 15 is 0 Å². The predicted molar refractivity (Wildman–Crippen MR) is 222 cm³/mol. The number of cyclic esters (lactones) is 1. The normalized spacial score (nSPS) is 29.7. The molecule has 3 N–H and O–H groups in total. The summed E-state index contributed by atoms with van der Waals surface area (Å²) < 4.78 is 46.8. The van der Waals surface area contributed by atoms with Gasteiger partial charge in [-0.3, -0.25) is 14.4 Å². The number of rotatable bonds is 14. The molecule has 3 aliphatic rings. The fourth-order valence-electron chi connectivity index (χ4n) is 7.48. The van der Waals surface area contributed by atoms with Crippen LogP contribution < -0.4 is 0 Å². The molecule has 4 rings (SSSR count). The third-order valence-electron chi connectivity index (χ3n) is 11.0. The molecule has 15 heteroatoms. The van der Waals surface area contributed by atoms with Crippen LogP contribution in [-0.2, 0) is 57.1 Å². The lowest BCUT2D eigenvalue weighted by atomic mass is 9.74. The highest BCUT2D eigenvalue weighted by atomic mass is 16.7. The summed E-state index contributed by atoms with van der Waals surface area (Å²) in [7, 11) is 1.20. The van der Waals surface area contributed by atoms with E-state index < -0.39 is 84.6 Å². The van der Waals surface area contributed by atoms with E-state index in [2.05, 4.69) is 6.92 Å². The Hall–Kier alpha value is -3.96. The van der Waals surface area contributed by atoms with Gasteiger partial charge in [-0.2, -0.15) is 0 Å². The van der Waals surface area contributed by atoms with Crippen molar-refractivity contribution in [2.45, 2.75) is 153 Å². The third kappa shape index (κ3) is 16.4. The molecule has 15 nitrogen and oxygen atoms in total. The van der Waals surface area contributed by atoms with E-state index in [-0.39, 0.29) is 63.9 Å². The van der Waals surface area contributed by atoms with Crippen LogP contribution in [0.15, 0.2) is 60.2 Å². The van der Waals surface area contributed by atoms with E-state index in [4.69, 9.17) is 37.9 Å². The highest BCUT2D eigenvalue weighted by Crippen LogP contribution is 2.47. The van der Waals surface area contributed by atoms with Gasteiger partial charge in [0, 0.05) is 44.0 Å². The summed E-state index contributed by atoms with van der Waals surface area (Å²) in [6.45, 7) is 5.26. The van der Waals surface area contributed by atoms with E-state index in [0.29, 0.717) is 19.3 Å². The second-order valence-corrected chi connectivity index (χ2v) is 16.4.